The molecule has 0 atom stereocenters. The lowest BCUT2D eigenvalue weighted by molar-refractivity contribution is -0.122. The lowest BCUT2D eigenvalue weighted by Gasteiger charge is -2.05. The molecule has 0 saturated heterocycles. The summed E-state index contributed by atoms with van der Waals surface area (Å²) in [5.41, 5.74) is 0. The number of amides is 2. The second-order valence-corrected chi connectivity index (χ2v) is 9.55. The Bertz CT molecular complexity index is 406. The lowest BCUT2D eigenvalue weighted by Crippen LogP contribution is -2.24. The molecule has 0 aliphatic rings. The first-order valence-electron chi connectivity index (χ1n) is 14.2. The molecule has 0 aromatic heterocycles. The van der Waals surface area contributed by atoms with Gasteiger partial charge in [0.1, 0.15) is 0 Å². The van der Waals surface area contributed by atoms with Gasteiger partial charge in [-0.15, -0.1) is 0 Å². The number of ether oxygens (including phenoxy) is 2. The van der Waals surface area contributed by atoms with Crippen molar-refractivity contribution in [2.75, 3.05) is 40.5 Å². The van der Waals surface area contributed by atoms with Gasteiger partial charge >= 0.3 is 0 Å². The molecule has 6 nitrogen and oxygen atoms in total. The monoisotopic (exact) mass is 484 g/mol. The molecule has 6 heteroatoms. The van der Waals surface area contributed by atoms with E-state index in [1.54, 1.807) is 14.2 Å². The summed E-state index contributed by atoms with van der Waals surface area (Å²) in [6.07, 6.45) is 23.5. The summed E-state index contributed by atoms with van der Waals surface area (Å²) in [6.45, 7) is 2.87. The Labute approximate surface area is 210 Å². The molecule has 0 aromatic rings. The molecule has 0 bridgehead atoms. The number of carbonyl (C=O) groups is 2. The minimum Gasteiger partial charge on any atom is -0.385 e. The Morgan fingerprint density at radius 1 is 0.441 bits per heavy atom. The number of rotatable bonds is 27. The van der Waals surface area contributed by atoms with E-state index in [0.717, 1.165) is 38.8 Å². The first-order valence-corrected chi connectivity index (χ1v) is 14.2. The molecule has 0 aliphatic carbocycles. The molecule has 0 spiro atoms. The van der Waals surface area contributed by atoms with Crippen LogP contribution in [0.3, 0.4) is 0 Å². The summed E-state index contributed by atoms with van der Waals surface area (Å²) in [5.74, 6) is 0.371. The molecule has 202 valence electrons. The minimum atomic E-state index is 0.185. The zero-order chi connectivity index (χ0) is 25.0. The van der Waals surface area contributed by atoms with Gasteiger partial charge in [0.2, 0.25) is 11.8 Å². The third-order valence-electron chi connectivity index (χ3n) is 6.25. The lowest BCUT2D eigenvalue weighted by atomic mass is 10.0. The van der Waals surface area contributed by atoms with Gasteiger partial charge in [0.25, 0.3) is 0 Å². The SMILES string of the molecule is COCCCNC(=O)CCCCCCCCCCCCCCCCCCC(=O)NCCCOC. The van der Waals surface area contributed by atoms with Gasteiger partial charge in [-0.05, 0) is 25.7 Å². The summed E-state index contributed by atoms with van der Waals surface area (Å²) in [5, 5.41) is 5.90. The molecule has 0 radical (unpaired) electrons. The molecule has 2 N–H and O–H groups in total. The number of carbonyl (C=O) groups excluding carboxylic acids is 2. The first-order chi connectivity index (χ1) is 16.7. The standard InChI is InChI=1S/C28H56N2O4/c1-33-25-19-23-29-27(31)21-17-15-13-11-9-7-5-3-4-6-8-10-12-14-16-18-22-28(32)30-24-20-26-34-2/h3-26H2,1-2H3,(H,29,31)(H,30,32). The summed E-state index contributed by atoms with van der Waals surface area (Å²) in [4.78, 5) is 23.3. The van der Waals surface area contributed by atoms with E-state index in [4.69, 9.17) is 9.47 Å². The number of unbranched alkanes of at least 4 members (excludes halogenated alkanes) is 15. The zero-order valence-corrected chi connectivity index (χ0v) is 22.6. The van der Waals surface area contributed by atoms with E-state index >= 15 is 0 Å². The van der Waals surface area contributed by atoms with Crippen molar-refractivity contribution in [1.82, 2.24) is 10.6 Å². The average Bonchev–Trinajstić information content (AvgIpc) is 2.83. The van der Waals surface area contributed by atoms with Crippen molar-refractivity contribution in [2.45, 2.75) is 128 Å². The number of hydrogen-bond donors (Lipinski definition) is 2. The number of methoxy groups -OCH3 is 2. The van der Waals surface area contributed by atoms with Gasteiger partial charge in [0.15, 0.2) is 0 Å². The van der Waals surface area contributed by atoms with Crippen molar-refractivity contribution >= 4 is 11.8 Å². The summed E-state index contributed by atoms with van der Waals surface area (Å²) < 4.78 is 9.95. The molecule has 0 heterocycles. The summed E-state index contributed by atoms with van der Waals surface area (Å²) in [6, 6.07) is 0. The molecule has 0 aliphatic heterocycles. The van der Waals surface area contributed by atoms with Crippen LogP contribution in [0.5, 0.6) is 0 Å². The number of hydrogen-bond acceptors (Lipinski definition) is 4. The second-order valence-electron chi connectivity index (χ2n) is 9.55. The van der Waals surface area contributed by atoms with Crippen molar-refractivity contribution < 1.29 is 19.1 Å². The van der Waals surface area contributed by atoms with Crippen LogP contribution < -0.4 is 10.6 Å². The normalized spacial score (nSPS) is 11.0. The molecule has 2 amide bonds. The Balaban J connectivity index is 3.15. The fraction of sp³-hybridized carbons (Fsp3) is 0.929. The van der Waals surface area contributed by atoms with Crippen LogP contribution in [0.25, 0.3) is 0 Å². The Morgan fingerprint density at radius 3 is 0.971 bits per heavy atom. The van der Waals surface area contributed by atoms with E-state index < -0.39 is 0 Å². The van der Waals surface area contributed by atoms with Crippen LogP contribution >= 0.6 is 0 Å². The van der Waals surface area contributed by atoms with Crippen LogP contribution in [0.2, 0.25) is 0 Å². The third kappa shape index (κ3) is 27.1. The van der Waals surface area contributed by atoms with Crippen molar-refractivity contribution in [3.63, 3.8) is 0 Å². The highest BCUT2D eigenvalue weighted by atomic mass is 16.5. The highest BCUT2D eigenvalue weighted by Crippen LogP contribution is 2.14. The van der Waals surface area contributed by atoms with Gasteiger partial charge in [0.05, 0.1) is 0 Å². The maximum atomic E-state index is 11.7. The molecule has 0 aromatic carbocycles. The van der Waals surface area contributed by atoms with Crippen LogP contribution in [0.15, 0.2) is 0 Å². The van der Waals surface area contributed by atoms with Crippen LogP contribution in [-0.2, 0) is 19.1 Å². The van der Waals surface area contributed by atoms with Crippen molar-refractivity contribution in [2.24, 2.45) is 0 Å². The fourth-order valence-corrected chi connectivity index (χ4v) is 4.11. The highest BCUT2D eigenvalue weighted by Gasteiger charge is 2.01. The topological polar surface area (TPSA) is 76.7 Å². The molecule has 34 heavy (non-hydrogen) atoms. The predicted molar refractivity (Wildman–Crippen MR) is 142 cm³/mol. The maximum Gasteiger partial charge on any atom is 0.219 e. The molecule has 0 rings (SSSR count). The quantitative estimate of drug-likeness (QED) is 0.134. The van der Waals surface area contributed by atoms with E-state index in [1.807, 2.05) is 0 Å². The third-order valence-corrected chi connectivity index (χ3v) is 6.25. The van der Waals surface area contributed by atoms with Gasteiger partial charge < -0.3 is 20.1 Å². The average molecular weight is 485 g/mol. The largest absolute Gasteiger partial charge is 0.385 e. The van der Waals surface area contributed by atoms with E-state index in [-0.39, 0.29) is 11.8 Å². The smallest absolute Gasteiger partial charge is 0.219 e. The summed E-state index contributed by atoms with van der Waals surface area (Å²) >= 11 is 0. The zero-order valence-electron chi connectivity index (χ0n) is 22.6. The molecule has 0 saturated carbocycles. The van der Waals surface area contributed by atoms with Gasteiger partial charge in [0, 0.05) is 53.4 Å². The van der Waals surface area contributed by atoms with Crippen LogP contribution in [0.1, 0.15) is 128 Å². The molecular formula is C28H56N2O4. The van der Waals surface area contributed by atoms with E-state index in [2.05, 4.69) is 10.6 Å². The van der Waals surface area contributed by atoms with Gasteiger partial charge in [-0.1, -0.05) is 89.9 Å². The van der Waals surface area contributed by atoms with Crippen LogP contribution in [-0.4, -0.2) is 52.3 Å². The maximum absolute atomic E-state index is 11.7. The molecular weight excluding hydrogens is 428 g/mol. The van der Waals surface area contributed by atoms with E-state index in [1.165, 1.54) is 89.9 Å². The Kier molecular flexibility index (Phi) is 27.2. The van der Waals surface area contributed by atoms with Crippen molar-refractivity contribution in [3.05, 3.63) is 0 Å². The number of nitrogens with one attached hydrogen (secondary N) is 2. The predicted octanol–water partition coefficient (Wildman–Crippen LogP) is 6.31. The Hall–Kier alpha value is -1.14. The fourth-order valence-electron chi connectivity index (χ4n) is 4.11. The Morgan fingerprint density at radius 2 is 0.706 bits per heavy atom. The molecule has 0 fully saturated rings. The molecule has 0 unspecified atom stereocenters. The van der Waals surface area contributed by atoms with E-state index in [9.17, 15) is 9.59 Å². The van der Waals surface area contributed by atoms with Crippen LogP contribution in [0.4, 0.5) is 0 Å². The van der Waals surface area contributed by atoms with Crippen molar-refractivity contribution in [1.29, 1.82) is 0 Å². The second kappa shape index (κ2) is 28.1. The van der Waals surface area contributed by atoms with Gasteiger partial charge in [-0.2, -0.15) is 0 Å². The summed E-state index contributed by atoms with van der Waals surface area (Å²) in [7, 11) is 3.37. The highest BCUT2D eigenvalue weighted by molar-refractivity contribution is 5.76. The van der Waals surface area contributed by atoms with Crippen LogP contribution in [0, 0.1) is 0 Å². The van der Waals surface area contributed by atoms with E-state index in [0.29, 0.717) is 26.1 Å². The first kappa shape index (κ1) is 32.9. The van der Waals surface area contributed by atoms with Gasteiger partial charge in [-0.25, -0.2) is 0 Å². The minimum absolute atomic E-state index is 0.185. The van der Waals surface area contributed by atoms with Gasteiger partial charge in [-0.3, -0.25) is 9.59 Å². The van der Waals surface area contributed by atoms with Crippen molar-refractivity contribution in [3.8, 4) is 0 Å².